The van der Waals surface area contributed by atoms with Crippen LogP contribution in [0.15, 0.2) is 24.3 Å². The Hall–Kier alpha value is -1.80. The molecule has 7 nitrogen and oxygen atoms in total. The lowest BCUT2D eigenvalue weighted by Gasteiger charge is -2.14. The summed E-state index contributed by atoms with van der Waals surface area (Å²) in [4.78, 5) is 12.8. The fourth-order valence-electron chi connectivity index (χ4n) is 1.06. The van der Waals surface area contributed by atoms with Gasteiger partial charge in [-0.25, -0.2) is 4.79 Å². The molecule has 0 saturated carbocycles. The van der Waals surface area contributed by atoms with Crippen LogP contribution >= 0.6 is 0 Å². The molecule has 1 N–H and O–H groups in total. The molecule has 0 bridgehead atoms. The third-order valence-electron chi connectivity index (χ3n) is 2.14. The summed E-state index contributed by atoms with van der Waals surface area (Å²) in [5.74, 6) is 0.130. The molecule has 0 fully saturated rings. The topological polar surface area (TPSA) is 79.0 Å². The first-order valence-corrected chi connectivity index (χ1v) is 6.79. The van der Waals surface area contributed by atoms with E-state index in [9.17, 15) is 13.2 Å². The van der Waals surface area contributed by atoms with E-state index in [0.717, 1.165) is 4.31 Å². The molecule has 0 unspecified atom stereocenters. The number of carbonyl (C=O) groups is 1. The van der Waals surface area contributed by atoms with E-state index in [4.69, 9.17) is 4.18 Å². The standard InChI is InChI=1S/C11H17N3O4S/c1-13(2)11(15)12-9-6-5-7-10(8-9)18-19(16,17)14(3)4/h5-8H,1-4H3,(H,12,15). The number of hydrogen-bond donors (Lipinski definition) is 1. The summed E-state index contributed by atoms with van der Waals surface area (Å²) in [5, 5.41) is 2.60. The molecule has 0 spiro atoms. The number of rotatable bonds is 4. The third kappa shape index (κ3) is 4.42. The molecule has 0 radical (unpaired) electrons. The zero-order valence-electron chi connectivity index (χ0n) is 11.2. The van der Waals surface area contributed by atoms with Gasteiger partial charge in [-0.15, -0.1) is 0 Å². The number of benzene rings is 1. The number of nitrogens with zero attached hydrogens (tertiary/aromatic N) is 2. The average Bonchev–Trinajstić information content (AvgIpc) is 2.28. The van der Waals surface area contributed by atoms with Crippen LogP contribution in [0.4, 0.5) is 10.5 Å². The van der Waals surface area contributed by atoms with Gasteiger partial charge in [-0.1, -0.05) is 6.07 Å². The van der Waals surface area contributed by atoms with Crippen LogP contribution in [0.2, 0.25) is 0 Å². The van der Waals surface area contributed by atoms with Crippen LogP contribution in [-0.4, -0.2) is 51.8 Å². The van der Waals surface area contributed by atoms with E-state index in [0.29, 0.717) is 5.69 Å². The molecular formula is C11H17N3O4S. The molecule has 0 atom stereocenters. The number of urea groups is 1. The van der Waals surface area contributed by atoms with Gasteiger partial charge < -0.3 is 14.4 Å². The van der Waals surface area contributed by atoms with Crippen molar-refractivity contribution in [2.45, 2.75) is 0 Å². The van der Waals surface area contributed by atoms with Crippen molar-refractivity contribution in [3.63, 3.8) is 0 Å². The molecule has 1 aromatic carbocycles. The van der Waals surface area contributed by atoms with Crippen molar-refractivity contribution in [2.75, 3.05) is 33.5 Å². The van der Waals surface area contributed by atoms with Crippen molar-refractivity contribution in [2.24, 2.45) is 0 Å². The second kappa shape index (κ2) is 5.89. The van der Waals surface area contributed by atoms with Gasteiger partial charge in [0.2, 0.25) is 0 Å². The summed E-state index contributed by atoms with van der Waals surface area (Å²) in [7, 11) is 2.14. The van der Waals surface area contributed by atoms with Gasteiger partial charge in [-0.05, 0) is 12.1 Å². The average molecular weight is 287 g/mol. The normalized spacial score (nSPS) is 11.2. The van der Waals surface area contributed by atoms with Crippen LogP contribution in [0, 0.1) is 0 Å². The van der Waals surface area contributed by atoms with E-state index < -0.39 is 10.3 Å². The maximum Gasteiger partial charge on any atom is 0.384 e. The van der Waals surface area contributed by atoms with Gasteiger partial charge in [0, 0.05) is 39.9 Å². The highest BCUT2D eigenvalue weighted by Crippen LogP contribution is 2.19. The second-order valence-electron chi connectivity index (χ2n) is 4.18. The van der Waals surface area contributed by atoms with E-state index in [1.807, 2.05) is 0 Å². The Kier molecular flexibility index (Phi) is 4.73. The van der Waals surface area contributed by atoms with Crippen molar-refractivity contribution >= 4 is 22.0 Å². The van der Waals surface area contributed by atoms with Crippen molar-refractivity contribution in [1.29, 1.82) is 0 Å². The molecule has 106 valence electrons. The molecule has 0 saturated heterocycles. The predicted octanol–water partition coefficient (Wildman–Crippen LogP) is 0.965. The van der Waals surface area contributed by atoms with Gasteiger partial charge in [0.15, 0.2) is 0 Å². The zero-order valence-corrected chi connectivity index (χ0v) is 12.1. The predicted molar refractivity (Wildman–Crippen MR) is 72.4 cm³/mol. The Bertz CT molecular complexity index is 555. The van der Waals surface area contributed by atoms with Crippen LogP contribution in [0.1, 0.15) is 0 Å². The highest BCUT2D eigenvalue weighted by Gasteiger charge is 2.16. The van der Waals surface area contributed by atoms with Gasteiger partial charge in [-0.2, -0.15) is 12.7 Å². The lowest BCUT2D eigenvalue weighted by molar-refractivity contribution is 0.230. The van der Waals surface area contributed by atoms with Crippen LogP contribution in [0.25, 0.3) is 0 Å². The summed E-state index contributed by atoms with van der Waals surface area (Å²) in [5.41, 5.74) is 0.449. The SMILES string of the molecule is CN(C)C(=O)Nc1cccc(OS(=O)(=O)N(C)C)c1. The number of hydrogen-bond acceptors (Lipinski definition) is 4. The Labute approximate surface area is 113 Å². The van der Waals surface area contributed by atoms with E-state index >= 15 is 0 Å². The van der Waals surface area contributed by atoms with Gasteiger partial charge in [0.25, 0.3) is 0 Å². The van der Waals surface area contributed by atoms with E-state index in [2.05, 4.69) is 5.32 Å². The molecule has 1 rings (SSSR count). The molecule has 19 heavy (non-hydrogen) atoms. The quantitative estimate of drug-likeness (QED) is 0.894. The fraction of sp³-hybridized carbons (Fsp3) is 0.364. The first-order valence-electron chi connectivity index (χ1n) is 5.42. The fourth-order valence-corrected chi connectivity index (χ4v) is 1.55. The number of anilines is 1. The van der Waals surface area contributed by atoms with Crippen molar-refractivity contribution in [3.8, 4) is 5.75 Å². The minimum atomic E-state index is -3.80. The highest BCUT2D eigenvalue weighted by atomic mass is 32.2. The molecular weight excluding hydrogens is 270 g/mol. The largest absolute Gasteiger partial charge is 0.384 e. The Morgan fingerprint density at radius 3 is 2.37 bits per heavy atom. The van der Waals surface area contributed by atoms with E-state index in [1.54, 1.807) is 26.2 Å². The summed E-state index contributed by atoms with van der Waals surface area (Å²) >= 11 is 0. The zero-order chi connectivity index (χ0) is 14.6. The number of nitrogens with one attached hydrogen (secondary N) is 1. The lowest BCUT2D eigenvalue weighted by Crippen LogP contribution is -2.28. The van der Waals surface area contributed by atoms with Crippen molar-refractivity contribution in [1.82, 2.24) is 9.21 Å². The molecule has 0 aromatic heterocycles. The summed E-state index contributed by atoms with van der Waals surface area (Å²) < 4.78 is 28.9. The summed E-state index contributed by atoms with van der Waals surface area (Å²) in [6.07, 6.45) is 0. The van der Waals surface area contributed by atoms with Gasteiger partial charge in [0.05, 0.1) is 0 Å². The Morgan fingerprint density at radius 2 is 1.84 bits per heavy atom. The minimum absolute atomic E-state index is 0.130. The molecule has 0 aliphatic carbocycles. The smallest absolute Gasteiger partial charge is 0.371 e. The van der Waals surface area contributed by atoms with Crippen LogP contribution in [0.5, 0.6) is 5.75 Å². The molecule has 8 heteroatoms. The van der Waals surface area contributed by atoms with Crippen molar-refractivity contribution < 1.29 is 17.4 Å². The van der Waals surface area contributed by atoms with Gasteiger partial charge >= 0.3 is 16.3 Å². The van der Waals surface area contributed by atoms with Crippen molar-refractivity contribution in [3.05, 3.63) is 24.3 Å². The summed E-state index contributed by atoms with van der Waals surface area (Å²) in [6, 6.07) is 5.84. The molecule has 2 amide bonds. The first kappa shape index (κ1) is 15.3. The van der Waals surface area contributed by atoms with Gasteiger partial charge in [0.1, 0.15) is 5.75 Å². The van der Waals surface area contributed by atoms with Crippen LogP contribution < -0.4 is 9.50 Å². The maximum absolute atomic E-state index is 11.5. The minimum Gasteiger partial charge on any atom is -0.371 e. The molecule has 0 aliphatic rings. The van der Waals surface area contributed by atoms with E-state index in [-0.39, 0.29) is 11.8 Å². The first-order chi connectivity index (χ1) is 8.72. The Morgan fingerprint density at radius 1 is 1.21 bits per heavy atom. The molecule has 0 heterocycles. The number of carbonyl (C=O) groups excluding carboxylic acids is 1. The maximum atomic E-state index is 11.5. The monoisotopic (exact) mass is 287 g/mol. The number of amides is 2. The van der Waals surface area contributed by atoms with Crippen LogP contribution in [0.3, 0.4) is 0 Å². The molecule has 0 aliphatic heterocycles. The van der Waals surface area contributed by atoms with E-state index in [1.165, 1.54) is 31.1 Å². The Balaban J connectivity index is 2.87. The molecule has 1 aromatic rings. The second-order valence-corrected chi connectivity index (χ2v) is 5.93. The summed E-state index contributed by atoms with van der Waals surface area (Å²) in [6.45, 7) is 0. The van der Waals surface area contributed by atoms with Crippen LogP contribution in [-0.2, 0) is 10.3 Å². The lowest BCUT2D eigenvalue weighted by atomic mass is 10.3. The third-order valence-corrected chi connectivity index (χ3v) is 3.44. The highest BCUT2D eigenvalue weighted by molar-refractivity contribution is 7.84. The van der Waals surface area contributed by atoms with Gasteiger partial charge in [-0.3, -0.25) is 0 Å².